The van der Waals surface area contributed by atoms with Crippen molar-refractivity contribution in [2.24, 2.45) is 0 Å². The van der Waals surface area contributed by atoms with Crippen LogP contribution in [0, 0.1) is 0 Å². The molecule has 0 radical (unpaired) electrons. The lowest BCUT2D eigenvalue weighted by atomic mass is 9.89. The van der Waals surface area contributed by atoms with Crippen LogP contribution < -0.4 is 9.47 Å². The highest BCUT2D eigenvalue weighted by Crippen LogP contribution is 2.43. The van der Waals surface area contributed by atoms with Crippen molar-refractivity contribution >= 4 is 11.1 Å². The number of epoxide rings is 1. The molecule has 0 aromatic heterocycles. The molecule has 2 atom stereocenters. The van der Waals surface area contributed by atoms with Gasteiger partial charge in [0.2, 0.25) is 0 Å². The van der Waals surface area contributed by atoms with Crippen LogP contribution in [-0.2, 0) is 11.2 Å². The highest BCUT2D eigenvalue weighted by Gasteiger charge is 2.43. The molecule has 37 heavy (non-hydrogen) atoms. The third kappa shape index (κ3) is 7.70. The van der Waals surface area contributed by atoms with Crippen LogP contribution in [0.15, 0.2) is 78.9 Å². The summed E-state index contributed by atoms with van der Waals surface area (Å²) in [5.41, 5.74) is 6.10. The lowest BCUT2D eigenvalue weighted by Gasteiger charge is -2.21. The predicted octanol–water partition coefficient (Wildman–Crippen LogP) is 7.14. The molecule has 1 saturated heterocycles. The molecule has 4 heteroatoms. The SMILES string of the molecule is CC/C(=C(/c1ccc(OC(C)(C)C)cc1)C1OC1Cc1ccc(OCCN(C)C)cc1)c1ccccc1. The number of rotatable bonds is 11. The largest absolute Gasteiger partial charge is 0.492 e. The first-order chi connectivity index (χ1) is 17.7. The number of ether oxygens (including phenoxy) is 3. The van der Waals surface area contributed by atoms with Gasteiger partial charge in [-0.25, -0.2) is 0 Å². The number of hydrogen-bond acceptors (Lipinski definition) is 4. The highest BCUT2D eigenvalue weighted by atomic mass is 16.6. The summed E-state index contributed by atoms with van der Waals surface area (Å²) < 4.78 is 18.3. The van der Waals surface area contributed by atoms with Gasteiger partial charge >= 0.3 is 0 Å². The van der Waals surface area contributed by atoms with E-state index in [0.29, 0.717) is 6.61 Å². The second kappa shape index (κ2) is 12.0. The van der Waals surface area contributed by atoms with Crippen LogP contribution in [0.4, 0.5) is 0 Å². The maximum absolute atomic E-state index is 6.35. The van der Waals surface area contributed by atoms with Crippen LogP contribution in [0.1, 0.15) is 50.8 Å². The standard InChI is InChI=1S/C33H41NO3/c1-7-29(25-11-9-8-10-12-25)31(26-15-19-28(20-16-26)37-33(2,3)4)32-30(36-32)23-24-13-17-27(18-14-24)35-22-21-34(5)6/h8-20,30,32H,7,21-23H2,1-6H3/b31-29+. The molecule has 4 nitrogen and oxygen atoms in total. The van der Waals surface area contributed by atoms with Crippen molar-refractivity contribution in [2.45, 2.75) is 58.3 Å². The molecule has 0 aliphatic carbocycles. The number of allylic oxidation sites excluding steroid dienone is 1. The monoisotopic (exact) mass is 499 g/mol. The lowest BCUT2D eigenvalue weighted by molar-refractivity contribution is 0.131. The second-order valence-corrected chi connectivity index (χ2v) is 10.9. The Morgan fingerprint density at radius 1 is 0.838 bits per heavy atom. The number of hydrogen-bond donors (Lipinski definition) is 0. The van der Waals surface area contributed by atoms with E-state index in [0.717, 1.165) is 30.9 Å². The van der Waals surface area contributed by atoms with Gasteiger partial charge in [-0.3, -0.25) is 0 Å². The fraction of sp³-hybridized carbons (Fsp3) is 0.394. The van der Waals surface area contributed by atoms with Crippen molar-refractivity contribution < 1.29 is 14.2 Å². The maximum atomic E-state index is 6.35. The molecule has 0 N–H and O–H groups in total. The fourth-order valence-electron chi connectivity index (χ4n) is 4.61. The van der Waals surface area contributed by atoms with Gasteiger partial charge in [0.15, 0.2) is 0 Å². The van der Waals surface area contributed by atoms with Crippen molar-refractivity contribution in [3.63, 3.8) is 0 Å². The zero-order valence-corrected chi connectivity index (χ0v) is 23.2. The van der Waals surface area contributed by atoms with Gasteiger partial charge in [-0.15, -0.1) is 0 Å². The van der Waals surface area contributed by atoms with Gasteiger partial charge in [-0.05, 0) is 93.4 Å². The van der Waals surface area contributed by atoms with Crippen LogP contribution >= 0.6 is 0 Å². The second-order valence-electron chi connectivity index (χ2n) is 10.9. The van der Waals surface area contributed by atoms with Crippen LogP contribution in [0.5, 0.6) is 11.5 Å². The topological polar surface area (TPSA) is 34.2 Å². The van der Waals surface area contributed by atoms with Gasteiger partial charge in [0, 0.05) is 13.0 Å². The Morgan fingerprint density at radius 3 is 2.08 bits per heavy atom. The van der Waals surface area contributed by atoms with E-state index in [1.807, 2.05) is 0 Å². The molecule has 1 heterocycles. The Balaban J connectivity index is 1.54. The average molecular weight is 500 g/mol. The normalized spacial score (nSPS) is 17.9. The first-order valence-corrected chi connectivity index (χ1v) is 13.3. The zero-order valence-electron chi connectivity index (χ0n) is 23.2. The van der Waals surface area contributed by atoms with Gasteiger partial charge in [0.25, 0.3) is 0 Å². The molecule has 0 saturated carbocycles. The predicted molar refractivity (Wildman–Crippen MR) is 153 cm³/mol. The third-order valence-corrected chi connectivity index (χ3v) is 6.42. The summed E-state index contributed by atoms with van der Waals surface area (Å²) in [6.07, 6.45) is 2.04. The fourth-order valence-corrected chi connectivity index (χ4v) is 4.61. The van der Waals surface area contributed by atoms with E-state index >= 15 is 0 Å². The number of likely N-dealkylation sites (N-methyl/N-ethyl adjacent to an activating group) is 1. The van der Waals surface area contributed by atoms with Gasteiger partial charge in [0.1, 0.15) is 29.8 Å². The van der Waals surface area contributed by atoms with E-state index in [-0.39, 0.29) is 17.8 Å². The van der Waals surface area contributed by atoms with E-state index in [1.54, 1.807) is 0 Å². The van der Waals surface area contributed by atoms with Crippen molar-refractivity contribution in [1.29, 1.82) is 0 Å². The number of nitrogens with zero attached hydrogens (tertiary/aromatic N) is 1. The van der Waals surface area contributed by atoms with Gasteiger partial charge in [-0.1, -0.05) is 61.5 Å². The molecule has 0 bridgehead atoms. The smallest absolute Gasteiger partial charge is 0.120 e. The van der Waals surface area contributed by atoms with Crippen LogP contribution in [0.2, 0.25) is 0 Å². The molecule has 0 spiro atoms. The molecule has 4 rings (SSSR count). The molecule has 3 aromatic rings. The Bertz CT molecular complexity index is 1160. The van der Waals surface area contributed by atoms with Gasteiger partial charge in [0.05, 0.1) is 6.10 Å². The molecular weight excluding hydrogens is 458 g/mol. The molecule has 1 aliphatic heterocycles. The summed E-state index contributed by atoms with van der Waals surface area (Å²) in [7, 11) is 4.11. The van der Waals surface area contributed by atoms with E-state index in [9.17, 15) is 0 Å². The molecule has 2 unspecified atom stereocenters. The van der Waals surface area contributed by atoms with Crippen LogP contribution in [0.3, 0.4) is 0 Å². The molecule has 0 amide bonds. The average Bonchev–Trinajstić information content (AvgIpc) is 3.62. The van der Waals surface area contributed by atoms with Gasteiger partial charge < -0.3 is 19.1 Å². The first kappa shape index (κ1) is 27.0. The first-order valence-electron chi connectivity index (χ1n) is 13.3. The minimum Gasteiger partial charge on any atom is -0.492 e. The molecule has 196 valence electrons. The lowest BCUT2D eigenvalue weighted by Crippen LogP contribution is -2.22. The molecule has 1 aliphatic rings. The van der Waals surface area contributed by atoms with E-state index in [2.05, 4.69) is 126 Å². The number of benzene rings is 3. The quantitative estimate of drug-likeness (QED) is 0.207. The summed E-state index contributed by atoms with van der Waals surface area (Å²) in [6, 6.07) is 27.6. The molecule has 1 fully saturated rings. The summed E-state index contributed by atoms with van der Waals surface area (Å²) in [4.78, 5) is 2.12. The summed E-state index contributed by atoms with van der Waals surface area (Å²) >= 11 is 0. The summed E-state index contributed by atoms with van der Waals surface area (Å²) in [5, 5.41) is 0. The van der Waals surface area contributed by atoms with Gasteiger partial charge in [-0.2, -0.15) is 0 Å². The minimum absolute atomic E-state index is 0.0700. The third-order valence-electron chi connectivity index (χ3n) is 6.42. The zero-order chi connectivity index (χ0) is 26.4. The molecule has 3 aromatic carbocycles. The van der Waals surface area contributed by atoms with Crippen LogP contribution in [-0.4, -0.2) is 50.0 Å². The Kier molecular flexibility index (Phi) is 8.73. The Hall–Kier alpha value is -3.08. The minimum atomic E-state index is -0.226. The van der Waals surface area contributed by atoms with E-state index in [4.69, 9.17) is 14.2 Å². The van der Waals surface area contributed by atoms with Crippen molar-refractivity contribution in [3.05, 3.63) is 95.6 Å². The van der Waals surface area contributed by atoms with E-state index in [1.165, 1.54) is 27.8 Å². The summed E-state index contributed by atoms with van der Waals surface area (Å²) in [5.74, 6) is 1.80. The Morgan fingerprint density at radius 2 is 1.49 bits per heavy atom. The van der Waals surface area contributed by atoms with Crippen LogP contribution in [0.25, 0.3) is 11.1 Å². The summed E-state index contributed by atoms with van der Waals surface area (Å²) in [6.45, 7) is 10.0. The van der Waals surface area contributed by atoms with Crippen molar-refractivity contribution in [2.75, 3.05) is 27.2 Å². The van der Waals surface area contributed by atoms with Crippen molar-refractivity contribution in [3.8, 4) is 11.5 Å². The molecular formula is C33H41NO3. The maximum Gasteiger partial charge on any atom is 0.120 e. The van der Waals surface area contributed by atoms with E-state index < -0.39 is 0 Å². The Labute approximate surface area is 222 Å². The highest BCUT2D eigenvalue weighted by molar-refractivity contribution is 5.93. The van der Waals surface area contributed by atoms with Crippen molar-refractivity contribution in [1.82, 2.24) is 4.90 Å².